The molecule has 2 rings (SSSR count). The van der Waals surface area contributed by atoms with E-state index in [-0.39, 0.29) is 11.9 Å². The first kappa shape index (κ1) is 16.3. The molecular formula is C18H18ClNO2. The minimum Gasteiger partial charge on any atom is -0.285 e. The molecule has 114 valence electrons. The van der Waals surface area contributed by atoms with E-state index in [0.717, 1.165) is 16.7 Å². The first-order valence-corrected chi connectivity index (χ1v) is 7.38. The third-order valence-corrected chi connectivity index (χ3v) is 3.59. The molecule has 0 saturated heterocycles. The summed E-state index contributed by atoms with van der Waals surface area (Å²) < 4.78 is 0. The van der Waals surface area contributed by atoms with E-state index >= 15 is 0 Å². The quantitative estimate of drug-likeness (QED) is 0.659. The molecule has 0 spiro atoms. The van der Waals surface area contributed by atoms with Gasteiger partial charge >= 0.3 is 0 Å². The molecule has 0 aliphatic rings. The molecular weight excluding hydrogens is 298 g/mol. The van der Waals surface area contributed by atoms with Crippen molar-refractivity contribution < 1.29 is 10.0 Å². The molecule has 1 N–H and O–H groups in total. The van der Waals surface area contributed by atoms with Crippen LogP contribution in [0, 0.1) is 0 Å². The van der Waals surface area contributed by atoms with Gasteiger partial charge < -0.3 is 0 Å². The highest BCUT2D eigenvalue weighted by Gasteiger charge is 2.10. The van der Waals surface area contributed by atoms with Gasteiger partial charge in [-0.15, -0.1) is 0 Å². The lowest BCUT2D eigenvalue weighted by molar-refractivity contribution is -0.167. The molecule has 3 nitrogen and oxygen atoms in total. The van der Waals surface area contributed by atoms with Crippen LogP contribution < -0.4 is 0 Å². The van der Waals surface area contributed by atoms with Crippen LogP contribution in [0.1, 0.15) is 19.4 Å². The number of carbonyl (C=O) groups is 1. The lowest BCUT2D eigenvalue weighted by atomic mass is 10.0. The summed E-state index contributed by atoms with van der Waals surface area (Å²) in [4.78, 5) is 11.1. The van der Waals surface area contributed by atoms with Crippen LogP contribution in [0.25, 0.3) is 17.2 Å². The molecule has 0 aliphatic heterocycles. The van der Waals surface area contributed by atoms with Crippen molar-refractivity contribution in [3.63, 3.8) is 0 Å². The first-order chi connectivity index (χ1) is 10.5. The van der Waals surface area contributed by atoms with E-state index in [9.17, 15) is 10.0 Å². The van der Waals surface area contributed by atoms with E-state index in [1.54, 1.807) is 13.0 Å². The van der Waals surface area contributed by atoms with Crippen LogP contribution in [0.2, 0.25) is 5.02 Å². The fourth-order valence-electron chi connectivity index (χ4n) is 2.08. The number of rotatable bonds is 4. The second-order valence-electron chi connectivity index (χ2n) is 5.10. The summed E-state index contributed by atoms with van der Waals surface area (Å²) in [5.74, 6) is -0.382. The summed E-state index contributed by atoms with van der Waals surface area (Å²) in [6, 6.07) is 15.3. The summed E-state index contributed by atoms with van der Waals surface area (Å²) >= 11 is 5.90. The summed E-state index contributed by atoms with van der Waals surface area (Å²) in [7, 11) is 0. The molecule has 0 aromatic heterocycles. The molecule has 2 aromatic rings. The molecule has 0 bridgehead atoms. The average Bonchev–Trinajstić information content (AvgIpc) is 2.52. The SMILES string of the molecule is CC(=O)N(O)[C@@H](C)/C=C/c1cccc(-c2ccc(Cl)cc2)c1. The zero-order chi connectivity index (χ0) is 16.1. The predicted octanol–water partition coefficient (Wildman–Crippen LogP) is 4.65. The Morgan fingerprint density at radius 2 is 1.86 bits per heavy atom. The van der Waals surface area contributed by atoms with Crippen molar-refractivity contribution in [1.29, 1.82) is 0 Å². The number of carbonyl (C=O) groups excluding carboxylic acids is 1. The average molecular weight is 316 g/mol. The van der Waals surface area contributed by atoms with Gasteiger partial charge in [0.2, 0.25) is 5.91 Å². The van der Waals surface area contributed by atoms with Crippen LogP contribution in [0.5, 0.6) is 0 Å². The third kappa shape index (κ3) is 4.20. The molecule has 2 aromatic carbocycles. The van der Waals surface area contributed by atoms with Crippen molar-refractivity contribution >= 4 is 23.6 Å². The topological polar surface area (TPSA) is 40.5 Å². The minimum atomic E-state index is -0.382. The molecule has 0 unspecified atom stereocenters. The highest BCUT2D eigenvalue weighted by molar-refractivity contribution is 6.30. The molecule has 1 atom stereocenters. The Hall–Kier alpha value is -2.10. The fourth-order valence-corrected chi connectivity index (χ4v) is 2.21. The predicted molar refractivity (Wildman–Crippen MR) is 89.7 cm³/mol. The first-order valence-electron chi connectivity index (χ1n) is 7.00. The van der Waals surface area contributed by atoms with E-state index in [1.165, 1.54) is 6.92 Å². The maximum Gasteiger partial charge on any atom is 0.243 e. The van der Waals surface area contributed by atoms with Crippen LogP contribution in [-0.2, 0) is 4.79 Å². The van der Waals surface area contributed by atoms with E-state index in [4.69, 9.17) is 11.6 Å². The minimum absolute atomic E-state index is 0.378. The largest absolute Gasteiger partial charge is 0.285 e. The maximum atomic E-state index is 11.1. The van der Waals surface area contributed by atoms with Crippen LogP contribution in [0.4, 0.5) is 0 Å². The van der Waals surface area contributed by atoms with Gasteiger partial charge in [0.1, 0.15) is 0 Å². The molecule has 0 radical (unpaired) electrons. The smallest absolute Gasteiger partial charge is 0.243 e. The highest BCUT2D eigenvalue weighted by atomic mass is 35.5. The van der Waals surface area contributed by atoms with Gasteiger partial charge in [-0.25, -0.2) is 5.06 Å². The van der Waals surface area contributed by atoms with Crippen LogP contribution in [-0.4, -0.2) is 22.2 Å². The van der Waals surface area contributed by atoms with E-state index < -0.39 is 0 Å². The molecule has 0 saturated carbocycles. The van der Waals surface area contributed by atoms with Crippen LogP contribution >= 0.6 is 11.6 Å². The van der Waals surface area contributed by atoms with Crippen molar-refractivity contribution in [1.82, 2.24) is 5.06 Å². The van der Waals surface area contributed by atoms with Gasteiger partial charge in [0.05, 0.1) is 6.04 Å². The Bertz CT molecular complexity index is 680. The molecule has 4 heteroatoms. The van der Waals surface area contributed by atoms with E-state index in [0.29, 0.717) is 10.1 Å². The molecule has 22 heavy (non-hydrogen) atoms. The van der Waals surface area contributed by atoms with Gasteiger partial charge in [0, 0.05) is 11.9 Å². The summed E-state index contributed by atoms with van der Waals surface area (Å²) in [5, 5.41) is 11.0. The third-order valence-electron chi connectivity index (χ3n) is 3.34. The molecule has 0 fully saturated rings. The monoisotopic (exact) mass is 315 g/mol. The normalized spacial score (nSPS) is 12.4. The standard InChI is InChI=1S/C18H18ClNO2/c1-13(20(22)14(2)21)6-7-15-4-3-5-17(12-15)16-8-10-18(19)11-9-16/h3-13,22H,1-2H3/b7-6+/t13-/m0/s1. The number of hydroxylamine groups is 2. The van der Waals surface area contributed by atoms with Crippen molar-refractivity contribution in [3.8, 4) is 11.1 Å². The van der Waals surface area contributed by atoms with Crippen molar-refractivity contribution in [2.75, 3.05) is 0 Å². The van der Waals surface area contributed by atoms with Gasteiger partial charge in [0.15, 0.2) is 0 Å². The van der Waals surface area contributed by atoms with Crippen molar-refractivity contribution in [2.45, 2.75) is 19.9 Å². The highest BCUT2D eigenvalue weighted by Crippen LogP contribution is 2.23. The molecule has 0 heterocycles. The van der Waals surface area contributed by atoms with Gasteiger partial charge in [-0.3, -0.25) is 10.0 Å². The summed E-state index contributed by atoms with van der Waals surface area (Å²) in [6.07, 6.45) is 3.67. The van der Waals surface area contributed by atoms with Crippen LogP contribution in [0.15, 0.2) is 54.6 Å². The second-order valence-corrected chi connectivity index (χ2v) is 5.53. The number of hydrogen-bond acceptors (Lipinski definition) is 2. The number of benzene rings is 2. The van der Waals surface area contributed by atoms with E-state index in [1.807, 2.05) is 54.6 Å². The van der Waals surface area contributed by atoms with Gasteiger partial charge in [0.25, 0.3) is 0 Å². The fraction of sp³-hybridized carbons (Fsp3) is 0.167. The number of nitrogens with zero attached hydrogens (tertiary/aromatic N) is 1. The Kier molecular flexibility index (Phi) is 5.36. The number of halogens is 1. The zero-order valence-corrected chi connectivity index (χ0v) is 13.3. The summed E-state index contributed by atoms with van der Waals surface area (Å²) in [6.45, 7) is 3.08. The zero-order valence-electron chi connectivity index (χ0n) is 12.5. The Morgan fingerprint density at radius 1 is 1.18 bits per heavy atom. The lowest BCUT2D eigenvalue weighted by Gasteiger charge is -2.17. The summed E-state index contributed by atoms with van der Waals surface area (Å²) in [5.41, 5.74) is 3.16. The Morgan fingerprint density at radius 3 is 2.50 bits per heavy atom. The molecule has 1 amide bonds. The van der Waals surface area contributed by atoms with Crippen LogP contribution in [0.3, 0.4) is 0 Å². The van der Waals surface area contributed by atoms with Gasteiger partial charge in [-0.1, -0.05) is 54.1 Å². The maximum absolute atomic E-state index is 11.1. The number of amides is 1. The van der Waals surface area contributed by atoms with Gasteiger partial charge in [-0.2, -0.15) is 0 Å². The number of hydrogen-bond donors (Lipinski definition) is 1. The van der Waals surface area contributed by atoms with Gasteiger partial charge in [-0.05, 0) is 41.8 Å². The Balaban J connectivity index is 2.18. The lowest BCUT2D eigenvalue weighted by Crippen LogP contribution is -2.32. The molecule has 0 aliphatic carbocycles. The van der Waals surface area contributed by atoms with Crippen molar-refractivity contribution in [3.05, 3.63) is 65.2 Å². The van der Waals surface area contributed by atoms with E-state index in [2.05, 4.69) is 0 Å². The van der Waals surface area contributed by atoms with Crippen molar-refractivity contribution in [2.24, 2.45) is 0 Å². The second kappa shape index (κ2) is 7.25. The Labute approximate surface area is 135 Å².